The maximum Gasteiger partial charge on any atom is 0.185 e. The molecule has 1 aliphatic rings. The Morgan fingerprint density at radius 1 is 1.45 bits per heavy atom. The van der Waals surface area contributed by atoms with Gasteiger partial charge in [-0.1, -0.05) is 19.8 Å². The Morgan fingerprint density at radius 3 is 3.15 bits per heavy atom. The molecule has 0 amide bonds. The van der Waals surface area contributed by atoms with Crippen molar-refractivity contribution in [3.8, 4) is 0 Å². The lowest BCUT2D eigenvalue weighted by molar-refractivity contribution is 0.199. The number of ether oxygens (including phenoxy) is 1. The molecule has 0 saturated carbocycles. The van der Waals surface area contributed by atoms with E-state index in [0.29, 0.717) is 6.04 Å². The summed E-state index contributed by atoms with van der Waals surface area (Å²) >= 11 is 1.79. The molecule has 2 heterocycles. The molecule has 0 bridgehead atoms. The summed E-state index contributed by atoms with van der Waals surface area (Å²) in [6.07, 6.45) is 6.58. The molecule has 1 aromatic heterocycles. The van der Waals surface area contributed by atoms with Crippen LogP contribution in [0.4, 0.5) is 5.13 Å². The molecule has 114 valence electrons. The minimum absolute atomic E-state index is 0.679. The monoisotopic (exact) mass is 297 g/mol. The predicted octanol–water partition coefficient (Wildman–Crippen LogP) is 3.04. The number of rotatable bonds is 7. The molecular weight excluding hydrogens is 270 g/mol. The third-order valence-electron chi connectivity index (χ3n) is 3.92. The van der Waals surface area contributed by atoms with Gasteiger partial charge in [-0.15, -0.1) is 11.3 Å². The maximum atomic E-state index is 5.03. The van der Waals surface area contributed by atoms with Gasteiger partial charge in [-0.3, -0.25) is 0 Å². The molecule has 2 rings (SSSR count). The first-order chi connectivity index (χ1) is 9.85. The summed E-state index contributed by atoms with van der Waals surface area (Å²) in [5.74, 6) is 0. The number of hydrogen-bond acceptors (Lipinski definition) is 5. The summed E-state index contributed by atoms with van der Waals surface area (Å²) in [6, 6.07) is 0.679. The van der Waals surface area contributed by atoms with Gasteiger partial charge in [0, 0.05) is 38.2 Å². The van der Waals surface area contributed by atoms with Gasteiger partial charge in [-0.05, 0) is 19.3 Å². The van der Waals surface area contributed by atoms with Crippen LogP contribution in [0.5, 0.6) is 0 Å². The fourth-order valence-corrected chi connectivity index (χ4v) is 3.68. The van der Waals surface area contributed by atoms with E-state index in [2.05, 4.69) is 22.5 Å². The van der Waals surface area contributed by atoms with E-state index < -0.39 is 0 Å². The van der Waals surface area contributed by atoms with Gasteiger partial charge in [-0.2, -0.15) is 0 Å². The molecule has 1 fully saturated rings. The topological polar surface area (TPSA) is 37.4 Å². The molecule has 4 nitrogen and oxygen atoms in total. The second-order valence-electron chi connectivity index (χ2n) is 5.40. The number of hydrogen-bond donors (Lipinski definition) is 1. The van der Waals surface area contributed by atoms with Crippen molar-refractivity contribution in [2.24, 2.45) is 0 Å². The Labute approximate surface area is 126 Å². The summed E-state index contributed by atoms with van der Waals surface area (Å²) in [5.41, 5.74) is 1.15. The lowest BCUT2D eigenvalue weighted by atomic mass is 10.1. The van der Waals surface area contributed by atoms with Gasteiger partial charge in [0.25, 0.3) is 0 Å². The third kappa shape index (κ3) is 4.43. The van der Waals surface area contributed by atoms with Gasteiger partial charge in [0.15, 0.2) is 5.13 Å². The zero-order valence-electron chi connectivity index (χ0n) is 12.7. The van der Waals surface area contributed by atoms with Gasteiger partial charge in [0.05, 0.1) is 12.3 Å². The SMILES string of the molecule is CCC1CCCCCN1c1nc(CNCCOC)cs1. The van der Waals surface area contributed by atoms with E-state index in [-0.39, 0.29) is 0 Å². The molecule has 1 atom stereocenters. The number of methoxy groups -OCH3 is 1. The Morgan fingerprint density at radius 2 is 2.35 bits per heavy atom. The molecule has 0 spiro atoms. The van der Waals surface area contributed by atoms with E-state index in [1.54, 1.807) is 18.4 Å². The van der Waals surface area contributed by atoms with Gasteiger partial charge in [-0.25, -0.2) is 4.98 Å². The fourth-order valence-electron chi connectivity index (χ4n) is 2.75. The number of aromatic nitrogens is 1. The summed E-state index contributed by atoms with van der Waals surface area (Å²) in [5, 5.41) is 6.75. The van der Waals surface area contributed by atoms with Crippen molar-refractivity contribution in [1.29, 1.82) is 0 Å². The van der Waals surface area contributed by atoms with Crippen LogP contribution in [-0.4, -0.2) is 37.8 Å². The number of nitrogens with one attached hydrogen (secondary N) is 1. The first-order valence-corrected chi connectivity index (χ1v) is 8.63. The van der Waals surface area contributed by atoms with E-state index in [0.717, 1.165) is 25.4 Å². The second kappa shape index (κ2) is 8.60. The quantitative estimate of drug-likeness (QED) is 0.785. The van der Waals surface area contributed by atoms with Crippen molar-refractivity contribution in [3.05, 3.63) is 11.1 Å². The predicted molar refractivity (Wildman–Crippen MR) is 85.6 cm³/mol. The van der Waals surface area contributed by atoms with Crippen LogP contribution in [0.15, 0.2) is 5.38 Å². The van der Waals surface area contributed by atoms with Crippen LogP contribution in [0.3, 0.4) is 0 Å². The average molecular weight is 297 g/mol. The van der Waals surface area contributed by atoms with Crippen molar-refractivity contribution in [1.82, 2.24) is 10.3 Å². The van der Waals surface area contributed by atoms with Crippen LogP contribution in [-0.2, 0) is 11.3 Å². The largest absolute Gasteiger partial charge is 0.383 e. The van der Waals surface area contributed by atoms with E-state index >= 15 is 0 Å². The smallest absolute Gasteiger partial charge is 0.185 e. The zero-order chi connectivity index (χ0) is 14.2. The summed E-state index contributed by atoms with van der Waals surface area (Å²) in [4.78, 5) is 7.35. The molecule has 0 aliphatic carbocycles. The molecule has 1 unspecified atom stereocenters. The molecule has 1 aromatic rings. The highest BCUT2D eigenvalue weighted by atomic mass is 32.1. The first kappa shape index (κ1) is 15.7. The zero-order valence-corrected chi connectivity index (χ0v) is 13.5. The highest BCUT2D eigenvalue weighted by Crippen LogP contribution is 2.28. The highest BCUT2D eigenvalue weighted by molar-refractivity contribution is 7.13. The van der Waals surface area contributed by atoms with Gasteiger partial charge < -0.3 is 15.0 Å². The summed E-state index contributed by atoms with van der Waals surface area (Å²) in [7, 11) is 1.73. The number of anilines is 1. The standard InChI is InChI=1S/C15H27N3OS/c1-3-14-7-5-4-6-9-18(14)15-17-13(12-20-15)11-16-8-10-19-2/h12,14,16H,3-11H2,1-2H3. The Kier molecular flexibility index (Phi) is 6.76. The highest BCUT2D eigenvalue weighted by Gasteiger charge is 2.21. The second-order valence-corrected chi connectivity index (χ2v) is 6.23. The first-order valence-electron chi connectivity index (χ1n) is 7.75. The van der Waals surface area contributed by atoms with Crippen LogP contribution < -0.4 is 10.2 Å². The van der Waals surface area contributed by atoms with Crippen LogP contribution >= 0.6 is 11.3 Å². The lowest BCUT2D eigenvalue weighted by Crippen LogP contribution is -2.34. The lowest BCUT2D eigenvalue weighted by Gasteiger charge is -2.28. The van der Waals surface area contributed by atoms with E-state index in [9.17, 15) is 0 Å². The van der Waals surface area contributed by atoms with Gasteiger partial charge in [0.1, 0.15) is 0 Å². The van der Waals surface area contributed by atoms with Crippen LogP contribution in [0.1, 0.15) is 44.7 Å². The molecule has 1 N–H and O–H groups in total. The fraction of sp³-hybridized carbons (Fsp3) is 0.800. The maximum absolute atomic E-state index is 5.03. The minimum atomic E-state index is 0.679. The Balaban J connectivity index is 1.92. The van der Waals surface area contributed by atoms with E-state index in [1.165, 1.54) is 43.8 Å². The minimum Gasteiger partial charge on any atom is -0.383 e. The Bertz CT molecular complexity index is 383. The van der Waals surface area contributed by atoms with Gasteiger partial charge >= 0.3 is 0 Å². The van der Waals surface area contributed by atoms with Crippen LogP contribution in [0.25, 0.3) is 0 Å². The van der Waals surface area contributed by atoms with E-state index in [4.69, 9.17) is 9.72 Å². The molecule has 1 aliphatic heterocycles. The van der Waals surface area contributed by atoms with Crippen LogP contribution in [0, 0.1) is 0 Å². The van der Waals surface area contributed by atoms with Crippen molar-refractivity contribution in [2.45, 2.75) is 51.6 Å². The Hall–Kier alpha value is -0.650. The number of nitrogens with zero attached hydrogens (tertiary/aromatic N) is 2. The molecular formula is C15H27N3OS. The average Bonchev–Trinajstić information content (AvgIpc) is 2.80. The van der Waals surface area contributed by atoms with Crippen molar-refractivity contribution < 1.29 is 4.74 Å². The molecule has 20 heavy (non-hydrogen) atoms. The molecule has 0 radical (unpaired) electrons. The summed E-state index contributed by atoms with van der Waals surface area (Å²) < 4.78 is 5.03. The summed E-state index contributed by atoms with van der Waals surface area (Å²) in [6.45, 7) is 5.93. The van der Waals surface area contributed by atoms with Crippen LogP contribution in [0.2, 0.25) is 0 Å². The van der Waals surface area contributed by atoms with Crippen molar-refractivity contribution >= 4 is 16.5 Å². The van der Waals surface area contributed by atoms with Gasteiger partial charge in [0.2, 0.25) is 0 Å². The third-order valence-corrected chi connectivity index (χ3v) is 4.85. The normalized spacial score (nSPS) is 20.1. The number of thiazole rings is 1. The molecule has 0 aromatic carbocycles. The molecule has 5 heteroatoms. The van der Waals surface area contributed by atoms with E-state index in [1.807, 2.05) is 0 Å². The van der Waals surface area contributed by atoms with Crippen molar-refractivity contribution in [2.75, 3.05) is 31.7 Å². The molecule has 1 saturated heterocycles. The van der Waals surface area contributed by atoms with Crippen molar-refractivity contribution in [3.63, 3.8) is 0 Å².